The fraction of sp³-hybridized carbons (Fsp3) is 0.238. The first-order valence-electron chi connectivity index (χ1n) is 9.94. The van der Waals surface area contributed by atoms with E-state index in [1.807, 2.05) is 30.3 Å². The van der Waals surface area contributed by atoms with Crippen LogP contribution in [0.2, 0.25) is 0 Å². The molecule has 3 amide bonds. The highest BCUT2D eigenvalue weighted by Crippen LogP contribution is 2.37. The fourth-order valence-electron chi connectivity index (χ4n) is 3.62. The standard InChI is InChI=1S/C21H18BrN5O4S/c22-13-4-6-14(7-5-13)23-21(29)27-9-1-2-15(27)18(28)24-20-26-25-19(32-20)12-3-8-16-17(10-12)31-11-30-16/h3-8,10,15H,1-2,9,11H2,(H,23,29)(H,24,26,28). The van der Waals surface area contributed by atoms with Crippen LogP contribution in [0.3, 0.4) is 0 Å². The fourth-order valence-corrected chi connectivity index (χ4v) is 4.63. The lowest BCUT2D eigenvalue weighted by Gasteiger charge is -2.23. The van der Waals surface area contributed by atoms with Gasteiger partial charge in [-0.3, -0.25) is 10.1 Å². The van der Waals surface area contributed by atoms with Crippen molar-refractivity contribution in [1.82, 2.24) is 15.1 Å². The van der Waals surface area contributed by atoms with E-state index in [0.29, 0.717) is 40.3 Å². The molecule has 1 unspecified atom stereocenters. The number of ether oxygens (including phenoxy) is 2. The zero-order chi connectivity index (χ0) is 22.1. The molecule has 2 N–H and O–H groups in total. The number of nitrogens with zero attached hydrogens (tertiary/aromatic N) is 3. The summed E-state index contributed by atoms with van der Waals surface area (Å²) in [5.74, 6) is 1.07. The molecule has 0 saturated carbocycles. The van der Waals surface area contributed by atoms with Gasteiger partial charge in [-0.2, -0.15) is 0 Å². The van der Waals surface area contributed by atoms with Gasteiger partial charge in [0.2, 0.25) is 17.8 Å². The number of urea groups is 1. The van der Waals surface area contributed by atoms with E-state index in [-0.39, 0.29) is 18.7 Å². The van der Waals surface area contributed by atoms with Crippen molar-refractivity contribution in [3.05, 3.63) is 46.9 Å². The highest BCUT2D eigenvalue weighted by molar-refractivity contribution is 9.10. The SMILES string of the molecule is O=C(Nc1nnc(-c2ccc3c(c2)OCO3)s1)C1CCCN1C(=O)Nc1ccc(Br)cc1. The number of nitrogens with one attached hydrogen (secondary N) is 2. The first-order chi connectivity index (χ1) is 15.6. The summed E-state index contributed by atoms with van der Waals surface area (Å²) in [4.78, 5) is 27.2. The average Bonchev–Trinajstić information content (AvgIpc) is 3.55. The minimum absolute atomic E-state index is 0.198. The van der Waals surface area contributed by atoms with Crippen molar-refractivity contribution in [3.8, 4) is 22.1 Å². The second-order valence-electron chi connectivity index (χ2n) is 7.26. The van der Waals surface area contributed by atoms with Gasteiger partial charge >= 0.3 is 6.03 Å². The van der Waals surface area contributed by atoms with E-state index in [1.165, 1.54) is 11.3 Å². The second-order valence-corrected chi connectivity index (χ2v) is 9.15. The van der Waals surface area contributed by atoms with Crippen LogP contribution in [0, 0.1) is 0 Å². The Morgan fingerprint density at radius 1 is 1.06 bits per heavy atom. The van der Waals surface area contributed by atoms with Crippen LogP contribution in [0.5, 0.6) is 11.5 Å². The molecule has 11 heteroatoms. The summed E-state index contributed by atoms with van der Waals surface area (Å²) in [6.07, 6.45) is 1.35. The molecule has 0 radical (unpaired) electrons. The van der Waals surface area contributed by atoms with E-state index < -0.39 is 6.04 Å². The van der Waals surface area contributed by atoms with E-state index in [4.69, 9.17) is 9.47 Å². The van der Waals surface area contributed by atoms with Crippen molar-refractivity contribution in [2.24, 2.45) is 0 Å². The number of hydrogen-bond donors (Lipinski definition) is 2. The lowest BCUT2D eigenvalue weighted by molar-refractivity contribution is -0.119. The van der Waals surface area contributed by atoms with Crippen LogP contribution in [-0.4, -0.2) is 46.4 Å². The average molecular weight is 516 g/mol. The topological polar surface area (TPSA) is 106 Å². The van der Waals surface area contributed by atoms with E-state index >= 15 is 0 Å². The van der Waals surface area contributed by atoms with Crippen molar-refractivity contribution < 1.29 is 19.1 Å². The van der Waals surface area contributed by atoms with Crippen LogP contribution in [0.4, 0.5) is 15.6 Å². The molecule has 0 spiro atoms. The minimum Gasteiger partial charge on any atom is -0.454 e. The number of fused-ring (bicyclic) bond motifs is 1. The van der Waals surface area contributed by atoms with Gasteiger partial charge in [0.05, 0.1) is 0 Å². The van der Waals surface area contributed by atoms with Crippen molar-refractivity contribution in [3.63, 3.8) is 0 Å². The highest BCUT2D eigenvalue weighted by Gasteiger charge is 2.34. The molecule has 32 heavy (non-hydrogen) atoms. The molecule has 164 valence electrons. The number of amides is 3. The van der Waals surface area contributed by atoms with E-state index in [0.717, 1.165) is 16.5 Å². The summed E-state index contributed by atoms with van der Waals surface area (Å²) in [6.45, 7) is 0.711. The normalized spacial score (nSPS) is 16.8. The molecular formula is C21H18BrN5O4S. The van der Waals surface area contributed by atoms with Crippen LogP contribution < -0.4 is 20.1 Å². The Kier molecular flexibility index (Phi) is 5.66. The molecule has 0 aliphatic carbocycles. The summed E-state index contributed by atoms with van der Waals surface area (Å²) in [7, 11) is 0. The molecule has 2 aliphatic rings. The molecule has 0 bridgehead atoms. The van der Waals surface area contributed by atoms with Gasteiger partial charge in [-0.1, -0.05) is 27.3 Å². The third-order valence-electron chi connectivity index (χ3n) is 5.19. The van der Waals surface area contributed by atoms with Gasteiger partial charge in [0.15, 0.2) is 11.5 Å². The molecule has 2 aromatic carbocycles. The van der Waals surface area contributed by atoms with Gasteiger partial charge in [0.1, 0.15) is 11.0 Å². The van der Waals surface area contributed by atoms with Crippen LogP contribution in [0.1, 0.15) is 12.8 Å². The van der Waals surface area contributed by atoms with Crippen LogP contribution in [-0.2, 0) is 4.79 Å². The van der Waals surface area contributed by atoms with Crippen molar-refractivity contribution in [1.29, 1.82) is 0 Å². The first kappa shape index (κ1) is 20.7. The van der Waals surface area contributed by atoms with E-state index in [2.05, 4.69) is 36.8 Å². The number of halogens is 1. The number of carbonyl (C=O) groups is 2. The number of aromatic nitrogens is 2. The van der Waals surface area contributed by atoms with Gasteiger partial charge in [0, 0.05) is 22.3 Å². The zero-order valence-electron chi connectivity index (χ0n) is 16.7. The summed E-state index contributed by atoms with van der Waals surface area (Å²) in [6, 6.07) is 11.9. The third kappa shape index (κ3) is 4.26. The monoisotopic (exact) mass is 515 g/mol. The van der Waals surface area contributed by atoms with Crippen molar-refractivity contribution in [2.45, 2.75) is 18.9 Å². The van der Waals surface area contributed by atoms with Gasteiger partial charge in [-0.05, 0) is 55.3 Å². The number of anilines is 2. The number of hydrogen-bond acceptors (Lipinski definition) is 7. The Labute approximate surface area is 195 Å². The molecule has 1 aromatic heterocycles. The molecule has 1 saturated heterocycles. The number of carbonyl (C=O) groups excluding carboxylic acids is 2. The quantitative estimate of drug-likeness (QED) is 0.535. The maximum absolute atomic E-state index is 12.9. The minimum atomic E-state index is -0.566. The number of likely N-dealkylation sites (tertiary alicyclic amines) is 1. The van der Waals surface area contributed by atoms with E-state index in [9.17, 15) is 9.59 Å². The van der Waals surface area contributed by atoms with Gasteiger partial charge < -0.3 is 19.7 Å². The lowest BCUT2D eigenvalue weighted by atomic mass is 10.2. The van der Waals surface area contributed by atoms with Gasteiger partial charge in [-0.25, -0.2) is 4.79 Å². The molecular weight excluding hydrogens is 498 g/mol. The largest absolute Gasteiger partial charge is 0.454 e. The Morgan fingerprint density at radius 2 is 1.88 bits per heavy atom. The molecule has 2 aliphatic heterocycles. The predicted octanol–water partition coefficient (Wildman–Crippen LogP) is 4.33. The molecule has 3 aromatic rings. The summed E-state index contributed by atoms with van der Waals surface area (Å²) in [5.41, 5.74) is 1.49. The molecule has 9 nitrogen and oxygen atoms in total. The van der Waals surface area contributed by atoms with Crippen LogP contribution >= 0.6 is 27.3 Å². The Morgan fingerprint density at radius 3 is 2.72 bits per heavy atom. The maximum Gasteiger partial charge on any atom is 0.322 e. The second kappa shape index (κ2) is 8.75. The zero-order valence-corrected chi connectivity index (χ0v) is 19.1. The Balaban J connectivity index is 1.24. The Hall–Kier alpha value is -3.18. The summed E-state index contributed by atoms with van der Waals surface area (Å²) < 4.78 is 11.6. The van der Waals surface area contributed by atoms with Gasteiger partial charge in [-0.15, -0.1) is 10.2 Å². The van der Waals surface area contributed by atoms with Crippen LogP contribution in [0.15, 0.2) is 46.9 Å². The maximum atomic E-state index is 12.9. The molecule has 5 rings (SSSR count). The molecule has 1 fully saturated rings. The molecule has 1 atom stereocenters. The third-order valence-corrected chi connectivity index (χ3v) is 6.60. The summed E-state index contributed by atoms with van der Waals surface area (Å²) in [5, 5.41) is 14.9. The highest BCUT2D eigenvalue weighted by atomic mass is 79.9. The van der Waals surface area contributed by atoms with Gasteiger partial charge in [0.25, 0.3) is 0 Å². The predicted molar refractivity (Wildman–Crippen MR) is 123 cm³/mol. The number of benzene rings is 2. The first-order valence-corrected chi connectivity index (χ1v) is 11.6. The Bertz CT molecular complexity index is 1170. The summed E-state index contributed by atoms with van der Waals surface area (Å²) >= 11 is 4.63. The molecule has 3 heterocycles. The van der Waals surface area contributed by atoms with Crippen molar-refractivity contribution in [2.75, 3.05) is 24.0 Å². The smallest absolute Gasteiger partial charge is 0.322 e. The van der Waals surface area contributed by atoms with Crippen LogP contribution in [0.25, 0.3) is 10.6 Å². The van der Waals surface area contributed by atoms with Crippen molar-refractivity contribution >= 4 is 50.0 Å². The number of rotatable bonds is 4. The lowest BCUT2D eigenvalue weighted by Crippen LogP contribution is -2.45. The van der Waals surface area contributed by atoms with E-state index in [1.54, 1.807) is 17.0 Å².